The molecule has 1 aromatic carbocycles. The van der Waals surface area contributed by atoms with E-state index in [1.54, 1.807) is 12.4 Å². The Labute approximate surface area is 148 Å². The van der Waals surface area contributed by atoms with Gasteiger partial charge in [0, 0.05) is 38.6 Å². The van der Waals surface area contributed by atoms with E-state index >= 15 is 0 Å². The van der Waals surface area contributed by atoms with Crippen LogP contribution < -0.4 is 10.2 Å². The molecule has 128 valence electrons. The van der Waals surface area contributed by atoms with Gasteiger partial charge in [0.1, 0.15) is 11.0 Å². The van der Waals surface area contributed by atoms with Crippen LogP contribution in [0.5, 0.6) is 0 Å². The van der Waals surface area contributed by atoms with Gasteiger partial charge in [0.25, 0.3) is 0 Å². The average molecular weight is 355 g/mol. The lowest BCUT2D eigenvalue weighted by atomic mass is 10.2. The van der Waals surface area contributed by atoms with E-state index in [-0.39, 0.29) is 5.91 Å². The molecule has 1 fully saturated rings. The number of fused-ring (bicyclic) bond motifs is 1. The summed E-state index contributed by atoms with van der Waals surface area (Å²) in [4.78, 5) is 25.2. The van der Waals surface area contributed by atoms with Crippen molar-refractivity contribution in [2.75, 3.05) is 42.9 Å². The molecule has 2 aromatic heterocycles. The summed E-state index contributed by atoms with van der Waals surface area (Å²) in [6.07, 6.45) is 3.49. The molecule has 0 spiro atoms. The van der Waals surface area contributed by atoms with Crippen molar-refractivity contribution in [2.24, 2.45) is 0 Å². The van der Waals surface area contributed by atoms with E-state index in [2.05, 4.69) is 33.8 Å². The van der Waals surface area contributed by atoms with Gasteiger partial charge in [0.2, 0.25) is 11.9 Å². The van der Waals surface area contributed by atoms with Crippen LogP contribution in [0.4, 0.5) is 11.6 Å². The first kappa shape index (κ1) is 15.9. The molecule has 4 rings (SSSR count). The zero-order valence-electron chi connectivity index (χ0n) is 13.5. The largest absolute Gasteiger partial charge is 0.338 e. The van der Waals surface area contributed by atoms with Crippen molar-refractivity contribution in [3.8, 4) is 0 Å². The Kier molecular flexibility index (Phi) is 4.49. The Balaban J connectivity index is 1.33. The molecule has 9 heteroatoms. The number of nitrogens with one attached hydrogen (secondary N) is 1. The monoisotopic (exact) mass is 355 g/mol. The van der Waals surface area contributed by atoms with Gasteiger partial charge in [0.05, 0.1) is 24.0 Å². The number of hydrogen-bond donors (Lipinski definition) is 1. The van der Waals surface area contributed by atoms with Crippen LogP contribution in [0.25, 0.3) is 11.0 Å². The lowest BCUT2D eigenvalue weighted by Gasteiger charge is -2.34. The summed E-state index contributed by atoms with van der Waals surface area (Å²) in [7, 11) is 0. The number of piperazine rings is 1. The van der Waals surface area contributed by atoms with Crippen molar-refractivity contribution in [1.82, 2.24) is 23.6 Å². The molecule has 0 atom stereocenters. The zero-order chi connectivity index (χ0) is 17.1. The number of nitrogens with zero attached hydrogens (tertiary/aromatic N) is 6. The van der Waals surface area contributed by atoms with Gasteiger partial charge < -0.3 is 10.2 Å². The highest BCUT2D eigenvalue weighted by Crippen LogP contribution is 2.21. The van der Waals surface area contributed by atoms with Gasteiger partial charge in [-0.15, -0.1) is 0 Å². The van der Waals surface area contributed by atoms with Crippen molar-refractivity contribution < 1.29 is 4.79 Å². The smallest absolute Gasteiger partial charge is 0.238 e. The Bertz CT molecular complexity index is 861. The Morgan fingerprint density at radius 3 is 2.68 bits per heavy atom. The summed E-state index contributed by atoms with van der Waals surface area (Å²) in [5, 5.41) is 2.95. The van der Waals surface area contributed by atoms with E-state index in [4.69, 9.17) is 0 Å². The Hall–Kier alpha value is -2.65. The van der Waals surface area contributed by atoms with E-state index < -0.39 is 0 Å². The van der Waals surface area contributed by atoms with E-state index in [0.717, 1.165) is 54.9 Å². The molecule has 3 aromatic rings. The number of rotatable bonds is 4. The number of anilines is 2. The molecule has 25 heavy (non-hydrogen) atoms. The van der Waals surface area contributed by atoms with Crippen molar-refractivity contribution in [1.29, 1.82) is 0 Å². The minimum Gasteiger partial charge on any atom is -0.338 e. The van der Waals surface area contributed by atoms with Gasteiger partial charge in [-0.25, -0.2) is 9.97 Å². The van der Waals surface area contributed by atoms with Gasteiger partial charge in [-0.1, -0.05) is 6.07 Å². The maximum absolute atomic E-state index is 12.4. The van der Waals surface area contributed by atoms with E-state index in [9.17, 15) is 4.79 Å². The number of aromatic nitrogens is 4. The van der Waals surface area contributed by atoms with Crippen LogP contribution in [0.1, 0.15) is 0 Å². The van der Waals surface area contributed by atoms with Crippen LogP contribution in [0.15, 0.2) is 36.7 Å². The van der Waals surface area contributed by atoms with Gasteiger partial charge in [0.15, 0.2) is 0 Å². The molecule has 0 unspecified atom stereocenters. The van der Waals surface area contributed by atoms with Gasteiger partial charge in [-0.2, -0.15) is 8.75 Å². The minimum atomic E-state index is -0.0371. The number of hydrogen-bond acceptors (Lipinski definition) is 8. The first-order chi connectivity index (χ1) is 12.3. The number of benzene rings is 1. The molecular formula is C16H17N7OS. The fourth-order valence-electron chi connectivity index (χ4n) is 2.86. The molecule has 1 N–H and O–H groups in total. The second-order valence-corrected chi connectivity index (χ2v) is 6.33. The number of carbonyl (C=O) groups is 1. The number of carbonyl (C=O) groups excluding carboxylic acids is 1. The lowest BCUT2D eigenvalue weighted by Crippen LogP contribution is -2.49. The summed E-state index contributed by atoms with van der Waals surface area (Å²) < 4.78 is 8.43. The van der Waals surface area contributed by atoms with E-state index in [1.807, 2.05) is 24.3 Å². The predicted molar refractivity (Wildman–Crippen MR) is 96.7 cm³/mol. The Morgan fingerprint density at radius 2 is 1.88 bits per heavy atom. The summed E-state index contributed by atoms with van der Waals surface area (Å²) >= 11 is 1.15. The molecule has 1 amide bonds. The van der Waals surface area contributed by atoms with Crippen molar-refractivity contribution >= 4 is 40.3 Å². The summed E-state index contributed by atoms with van der Waals surface area (Å²) in [5.41, 5.74) is 2.26. The van der Waals surface area contributed by atoms with Gasteiger partial charge >= 0.3 is 0 Å². The highest BCUT2D eigenvalue weighted by atomic mass is 32.1. The van der Waals surface area contributed by atoms with E-state index in [1.165, 1.54) is 0 Å². The Morgan fingerprint density at radius 1 is 1.08 bits per heavy atom. The normalized spacial score (nSPS) is 15.4. The van der Waals surface area contributed by atoms with Crippen LogP contribution in [0.3, 0.4) is 0 Å². The average Bonchev–Trinajstić information content (AvgIpc) is 3.13. The topological polar surface area (TPSA) is 87.1 Å². The lowest BCUT2D eigenvalue weighted by molar-refractivity contribution is -0.117. The minimum absolute atomic E-state index is 0.0371. The number of amides is 1. The molecule has 1 saturated heterocycles. The first-order valence-electron chi connectivity index (χ1n) is 8.05. The third kappa shape index (κ3) is 3.57. The molecule has 0 bridgehead atoms. The van der Waals surface area contributed by atoms with Gasteiger partial charge in [-0.3, -0.25) is 9.69 Å². The molecule has 8 nitrogen and oxygen atoms in total. The third-order valence-corrected chi connectivity index (χ3v) is 4.68. The molecule has 1 aliphatic heterocycles. The summed E-state index contributed by atoms with van der Waals surface area (Å²) in [6.45, 7) is 3.57. The molecule has 0 saturated carbocycles. The van der Waals surface area contributed by atoms with Crippen LogP contribution in [0, 0.1) is 0 Å². The standard InChI is InChI=1S/C16H17N7OS/c24-14(19-12-3-1-4-13-15(12)21-25-20-13)11-22-7-9-23(10-8-22)16-17-5-2-6-18-16/h1-6H,7-11H2,(H,19,24). The van der Waals surface area contributed by atoms with Crippen LogP contribution >= 0.6 is 11.7 Å². The second kappa shape index (κ2) is 7.08. The fraction of sp³-hybridized carbons (Fsp3) is 0.312. The maximum Gasteiger partial charge on any atom is 0.238 e. The summed E-state index contributed by atoms with van der Waals surface area (Å²) in [6, 6.07) is 7.42. The first-order valence-corrected chi connectivity index (χ1v) is 8.78. The van der Waals surface area contributed by atoms with Crippen LogP contribution in [-0.4, -0.2) is 62.2 Å². The predicted octanol–water partition coefficient (Wildman–Crippen LogP) is 1.24. The van der Waals surface area contributed by atoms with Crippen molar-refractivity contribution in [3.05, 3.63) is 36.7 Å². The van der Waals surface area contributed by atoms with Crippen LogP contribution in [-0.2, 0) is 4.79 Å². The van der Waals surface area contributed by atoms with Crippen molar-refractivity contribution in [2.45, 2.75) is 0 Å². The SMILES string of the molecule is O=C(CN1CCN(c2ncccn2)CC1)Nc1cccc2nsnc12. The molecular weight excluding hydrogens is 338 g/mol. The molecule has 0 radical (unpaired) electrons. The fourth-order valence-corrected chi connectivity index (χ4v) is 3.41. The summed E-state index contributed by atoms with van der Waals surface area (Å²) in [5.74, 6) is 0.708. The van der Waals surface area contributed by atoms with Gasteiger partial charge in [-0.05, 0) is 18.2 Å². The molecule has 1 aliphatic rings. The zero-order valence-corrected chi connectivity index (χ0v) is 14.3. The molecule has 3 heterocycles. The van der Waals surface area contributed by atoms with Crippen LogP contribution in [0.2, 0.25) is 0 Å². The van der Waals surface area contributed by atoms with E-state index in [0.29, 0.717) is 12.2 Å². The highest BCUT2D eigenvalue weighted by Gasteiger charge is 2.20. The highest BCUT2D eigenvalue weighted by molar-refractivity contribution is 7.00. The molecule has 0 aliphatic carbocycles. The maximum atomic E-state index is 12.4. The second-order valence-electron chi connectivity index (χ2n) is 5.80. The third-order valence-electron chi connectivity index (χ3n) is 4.13. The quantitative estimate of drug-likeness (QED) is 0.753. The van der Waals surface area contributed by atoms with Crippen molar-refractivity contribution in [3.63, 3.8) is 0 Å².